The van der Waals surface area contributed by atoms with Crippen LogP contribution >= 0.6 is 11.8 Å². The van der Waals surface area contributed by atoms with Crippen molar-refractivity contribution in [1.29, 1.82) is 0 Å². The van der Waals surface area contributed by atoms with Gasteiger partial charge in [0.25, 0.3) is 0 Å². The predicted octanol–water partition coefficient (Wildman–Crippen LogP) is 2.37. The van der Waals surface area contributed by atoms with Crippen LogP contribution < -0.4 is 5.32 Å². The van der Waals surface area contributed by atoms with E-state index in [2.05, 4.69) is 5.32 Å². The Hall–Kier alpha value is -1.69. The molecule has 0 saturated heterocycles. The highest BCUT2D eigenvalue weighted by molar-refractivity contribution is 7.99. The van der Waals surface area contributed by atoms with E-state index in [0.29, 0.717) is 18.1 Å². The highest BCUT2D eigenvalue weighted by Gasteiger charge is 2.10. The smallest absolute Gasteiger partial charge is 0.407 e. The Balaban J connectivity index is 2.05. The van der Waals surface area contributed by atoms with Gasteiger partial charge in [0, 0.05) is 18.1 Å². The normalized spacial score (nSPS) is 11.7. The van der Waals surface area contributed by atoms with Gasteiger partial charge >= 0.3 is 12.1 Å². The molecule has 2 N–H and O–H groups in total. The monoisotopic (exact) mass is 297 g/mol. The average molecular weight is 297 g/mol. The maximum atomic E-state index is 11.4. The fourth-order valence-electron chi connectivity index (χ4n) is 1.33. The summed E-state index contributed by atoms with van der Waals surface area (Å²) >= 11 is 1.50. The third kappa shape index (κ3) is 7.04. The molecule has 5 nitrogen and oxygen atoms in total. The van der Waals surface area contributed by atoms with Crippen molar-refractivity contribution in [1.82, 2.24) is 5.32 Å². The quantitative estimate of drug-likeness (QED) is 0.720. The molecule has 110 valence electrons. The van der Waals surface area contributed by atoms with E-state index < -0.39 is 12.1 Å². The van der Waals surface area contributed by atoms with E-state index in [4.69, 9.17) is 9.84 Å². The lowest BCUT2D eigenvalue weighted by molar-refractivity contribution is -0.140. The van der Waals surface area contributed by atoms with Gasteiger partial charge in [-0.25, -0.2) is 4.79 Å². The number of carbonyl (C=O) groups is 2. The number of hydrogen-bond donors (Lipinski definition) is 2. The van der Waals surface area contributed by atoms with Crippen molar-refractivity contribution < 1.29 is 19.4 Å². The van der Waals surface area contributed by atoms with Crippen LogP contribution in [0.25, 0.3) is 0 Å². The minimum atomic E-state index is -0.798. The summed E-state index contributed by atoms with van der Waals surface area (Å²) in [4.78, 5) is 22.0. The number of nitrogens with one attached hydrogen (secondary N) is 1. The number of amides is 1. The van der Waals surface area contributed by atoms with E-state index in [0.717, 1.165) is 5.56 Å². The van der Waals surface area contributed by atoms with Gasteiger partial charge in [-0.15, -0.1) is 0 Å². The zero-order valence-corrected chi connectivity index (χ0v) is 12.2. The molecular weight excluding hydrogens is 278 g/mol. The first-order valence-corrected chi connectivity index (χ1v) is 7.50. The van der Waals surface area contributed by atoms with Gasteiger partial charge in [0.15, 0.2) is 0 Å². The van der Waals surface area contributed by atoms with Crippen LogP contribution in [0.1, 0.15) is 12.5 Å². The second-order valence-corrected chi connectivity index (χ2v) is 5.45. The SMILES string of the molecule is CC(CSCCNC(=O)OCc1ccccc1)C(=O)O. The molecule has 0 aliphatic heterocycles. The summed E-state index contributed by atoms with van der Waals surface area (Å²) < 4.78 is 5.04. The second-order valence-electron chi connectivity index (χ2n) is 4.30. The van der Waals surface area contributed by atoms with E-state index >= 15 is 0 Å². The van der Waals surface area contributed by atoms with Crippen molar-refractivity contribution in [2.45, 2.75) is 13.5 Å². The first-order chi connectivity index (χ1) is 9.59. The molecule has 0 aliphatic rings. The Bertz CT molecular complexity index is 424. The minimum absolute atomic E-state index is 0.246. The van der Waals surface area contributed by atoms with Crippen LogP contribution in [0.4, 0.5) is 4.79 Å². The number of hydrogen-bond acceptors (Lipinski definition) is 4. The van der Waals surface area contributed by atoms with Gasteiger partial charge in [0.05, 0.1) is 5.92 Å². The molecule has 1 amide bonds. The van der Waals surface area contributed by atoms with Gasteiger partial charge in [-0.2, -0.15) is 11.8 Å². The largest absolute Gasteiger partial charge is 0.481 e. The van der Waals surface area contributed by atoms with Gasteiger partial charge in [-0.1, -0.05) is 37.3 Å². The molecule has 0 bridgehead atoms. The summed E-state index contributed by atoms with van der Waals surface area (Å²) in [5.41, 5.74) is 0.937. The Kier molecular flexibility index (Phi) is 7.57. The number of benzene rings is 1. The van der Waals surface area contributed by atoms with Crippen molar-refractivity contribution in [2.24, 2.45) is 5.92 Å². The summed E-state index contributed by atoms with van der Waals surface area (Å²) in [6.07, 6.45) is -0.458. The number of carboxylic acid groups (broad SMARTS) is 1. The molecule has 1 aromatic carbocycles. The summed E-state index contributed by atoms with van der Waals surface area (Å²) in [6, 6.07) is 9.44. The second kappa shape index (κ2) is 9.25. The number of ether oxygens (including phenoxy) is 1. The topological polar surface area (TPSA) is 75.6 Å². The molecule has 0 heterocycles. The number of thioether (sulfide) groups is 1. The third-order valence-electron chi connectivity index (χ3n) is 2.52. The molecule has 1 unspecified atom stereocenters. The molecule has 0 spiro atoms. The van der Waals surface area contributed by atoms with Crippen LogP contribution in [0.15, 0.2) is 30.3 Å². The maximum Gasteiger partial charge on any atom is 0.407 e. The molecule has 1 aromatic rings. The van der Waals surface area contributed by atoms with Gasteiger partial charge in [0.2, 0.25) is 0 Å². The lowest BCUT2D eigenvalue weighted by Crippen LogP contribution is -2.26. The maximum absolute atomic E-state index is 11.4. The third-order valence-corrected chi connectivity index (χ3v) is 3.75. The van der Waals surface area contributed by atoms with Crippen LogP contribution in [0.2, 0.25) is 0 Å². The van der Waals surface area contributed by atoms with Crippen molar-refractivity contribution in [3.8, 4) is 0 Å². The standard InChI is InChI=1S/C14H19NO4S/c1-11(13(16)17)10-20-8-7-15-14(18)19-9-12-5-3-2-4-6-12/h2-6,11H,7-10H2,1H3,(H,15,18)(H,16,17). The van der Waals surface area contributed by atoms with E-state index in [-0.39, 0.29) is 12.5 Å². The zero-order chi connectivity index (χ0) is 14.8. The lowest BCUT2D eigenvalue weighted by Gasteiger charge is -2.08. The molecule has 0 aromatic heterocycles. The van der Waals surface area contributed by atoms with E-state index in [9.17, 15) is 9.59 Å². The molecule has 0 saturated carbocycles. The van der Waals surface area contributed by atoms with Gasteiger partial charge < -0.3 is 15.2 Å². The number of carbonyl (C=O) groups excluding carboxylic acids is 1. The number of rotatable bonds is 8. The summed E-state index contributed by atoms with van der Waals surface area (Å²) in [5.74, 6) is 0.0338. The number of carboxylic acids is 1. The number of aliphatic carboxylic acids is 1. The molecule has 1 rings (SSSR count). The van der Waals surface area contributed by atoms with Crippen LogP contribution in [-0.4, -0.2) is 35.2 Å². The Morgan fingerprint density at radius 3 is 2.70 bits per heavy atom. The highest BCUT2D eigenvalue weighted by atomic mass is 32.2. The molecule has 20 heavy (non-hydrogen) atoms. The van der Waals surface area contributed by atoms with Crippen molar-refractivity contribution in [3.05, 3.63) is 35.9 Å². The Morgan fingerprint density at radius 2 is 2.05 bits per heavy atom. The number of alkyl carbamates (subject to hydrolysis) is 1. The Morgan fingerprint density at radius 1 is 1.35 bits per heavy atom. The zero-order valence-electron chi connectivity index (χ0n) is 11.4. The molecule has 6 heteroatoms. The fourth-order valence-corrected chi connectivity index (χ4v) is 2.24. The lowest BCUT2D eigenvalue weighted by atomic mass is 10.2. The van der Waals surface area contributed by atoms with Crippen LogP contribution in [0.3, 0.4) is 0 Å². The van der Waals surface area contributed by atoms with Crippen LogP contribution in [-0.2, 0) is 16.1 Å². The highest BCUT2D eigenvalue weighted by Crippen LogP contribution is 2.07. The van der Waals surface area contributed by atoms with Gasteiger partial charge in [-0.05, 0) is 5.56 Å². The predicted molar refractivity (Wildman–Crippen MR) is 78.8 cm³/mol. The Labute approximate surface area is 122 Å². The first kappa shape index (κ1) is 16.4. The van der Waals surface area contributed by atoms with E-state index in [1.807, 2.05) is 30.3 Å². The molecular formula is C14H19NO4S. The molecule has 0 radical (unpaired) electrons. The average Bonchev–Trinajstić information content (AvgIpc) is 2.45. The van der Waals surface area contributed by atoms with Crippen LogP contribution in [0, 0.1) is 5.92 Å². The van der Waals surface area contributed by atoms with Crippen molar-refractivity contribution in [3.63, 3.8) is 0 Å². The van der Waals surface area contributed by atoms with Gasteiger partial charge in [0.1, 0.15) is 6.61 Å². The van der Waals surface area contributed by atoms with E-state index in [1.165, 1.54) is 11.8 Å². The first-order valence-electron chi connectivity index (χ1n) is 6.34. The fraction of sp³-hybridized carbons (Fsp3) is 0.429. The summed E-state index contributed by atoms with van der Waals surface area (Å²) in [6.45, 7) is 2.37. The summed E-state index contributed by atoms with van der Waals surface area (Å²) in [7, 11) is 0. The summed E-state index contributed by atoms with van der Waals surface area (Å²) in [5, 5.41) is 11.3. The van der Waals surface area contributed by atoms with E-state index in [1.54, 1.807) is 6.92 Å². The van der Waals surface area contributed by atoms with Crippen molar-refractivity contribution in [2.75, 3.05) is 18.1 Å². The van der Waals surface area contributed by atoms with Crippen molar-refractivity contribution >= 4 is 23.8 Å². The molecule has 0 fully saturated rings. The molecule has 0 aliphatic carbocycles. The molecule has 1 atom stereocenters. The minimum Gasteiger partial charge on any atom is -0.481 e. The van der Waals surface area contributed by atoms with Gasteiger partial charge in [-0.3, -0.25) is 4.79 Å². The van der Waals surface area contributed by atoms with Crippen LogP contribution in [0.5, 0.6) is 0 Å².